The Hall–Kier alpha value is -1.41. The number of carbonyl (C=O) groups is 1. The van der Waals surface area contributed by atoms with E-state index >= 15 is 0 Å². The van der Waals surface area contributed by atoms with E-state index in [0.29, 0.717) is 34.6 Å². The zero-order chi connectivity index (χ0) is 15.0. The average molecular weight is 333 g/mol. The van der Waals surface area contributed by atoms with Crippen LogP contribution in [0.4, 0.5) is 5.69 Å². The molecule has 0 saturated heterocycles. The molecule has 0 aliphatic heterocycles. The third-order valence-electron chi connectivity index (χ3n) is 2.26. The topological polar surface area (TPSA) is 64.9 Å². The van der Waals surface area contributed by atoms with Crippen molar-refractivity contribution in [3.05, 3.63) is 40.0 Å². The largest absolute Gasteiger partial charge is 0.359 e. The molecule has 4 nitrogen and oxygen atoms in total. The van der Waals surface area contributed by atoms with Crippen LogP contribution in [-0.2, 0) is 4.79 Å². The van der Waals surface area contributed by atoms with Gasteiger partial charge in [0.15, 0.2) is 0 Å². The lowest BCUT2D eigenvalue weighted by molar-refractivity contribution is -0.117. The number of alkyl halides is 1. The predicted octanol–water partition coefficient (Wildman–Crippen LogP) is 3.56. The number of nitrogens with zero attached hydrogens (tertiary/aromatic N) is 1. The number of amides is 1. The monoisotopic (exact) mass is 331 g/mol. The maximum Gasteiger partial charge on any atom is 0.263 e. The van der Waals surface area contributed by atoms with Crippen LogP contribution >= 0.6 is 34.8 Å². The molecule has 0 saturated carbocycles. The number of nitrogens with one attached hydrogen (secondary N) is 2. The quantitative estimate of drug-likeness (QED) is 0.362. The summed E-state index contributed by atoms with van der Waals surface area (Å²) in [6.07, 6.45) is 1.94. The molecule has 0 spiro atoms. The number of halogens is 3. The molecule has 20 heavy (non-hydrogen) atoms. The molecular formula is C13H12Cl3N3O. The van der Waals surface area contributed by atoms with E-state index in [-0.39, 0.29) is 5.57 Å². The Labute approximate surface area is 132 Å². The number of benzene rings is 1. The highest BCUT2D eigenvalue weighted by Crippen LogP contribution is 2.25. The summed E-state index contributed by atoms with van der Waals surface area (Å²) in [4.78, 5) is 11.7. The smallest absolute Gasteiger partial charge is 0.263 e. The maximum absolute atomic E-state index is 11.7. The second-order valence-electron chi connectivity index (χ2n) is 3.74. The second kappa shape index (κ2) is 8.70. The standard InChI is InChI=1S/C13H12Cl3N3O/c14-4-1-5-18-13(20)9(7-17)8-19-12-3-2-10(15)6-11(12)16/h2-3,6,8,19H,1,4-5H2,(H,18,20)/b9-8-. The van der Waals surface area contributed by atoms with Crippen LogP contribution < -0.4 is 10.6 Å². The van der Waals surface area contributed by atoms with Gasteiger partial charge in [-0.15, -0.1) is 11.6 Å². The summed E-state index contributed by atoms with van der Waals surface area (Å²) in [7, 11) is 0. The van der Waals surface area contributed by atoms with E-state index in [9.17, 15) is 4.79 Å². The van der Waals surface area contributed by atoms with Gasteiger partial charge < -0.3 is 10.6 Å². The molecule has 0 aliphatic rings. The third kappa shape index (κ3) is 5.30. The minimum Gasteiger partial charge on any atom is -0.359 e. The van der Waals surface area contributed by atoms with Gasteiger partial charge in [-0.1, -0.05) is 23.2 Å². The number of rotatable bonds is 6. The molecule has 0 bridgehead atoms. The van der Waals surface area contributed by atoms with Gasteiger partial charge in [-0.3, -0.25) is 4.79 Å². The molecule has 0 radical (unpaired) electrons. The van der Waals surface area contributed by atoms with Gasteiger partial charge in [0.2, 0.25) is 0 Å². The van der Waals surface area contributed by atoms with Crippen molar-refractivity contribution in [2.45, 2.75) is 6.42 Å². The highest BCUT2D eigenvalue weighted by Gasteiger charge is 2.08. The fourth-order valence-corrected chi connectivity index (χ4v) is 1.87. The lowest BCUT2D eigenvalue weighted by atomic mass is 10.2. The molecular weight excluding hydrogens is 321 g/mol. The van der Waals surface area contributed by atoms with Crippen molar-refractivity contribution in [2.75, 3.05) is 17.7 Å². The van der Waals surface area contributed by atoms with Crippen molar-refractivity contribution in [3.8, 4) is 6.07 Å². The first-order valence-corrected chi connectivity index (χ1v) is 7.03. The van der Waals surface area contributed by atoms with Gasteiger partial charge in [0.25, 0.3) is 5.91 Å². The molecule has 0 aliphatic carbocycles. The van der Waals surface area contributed by atoms with Crippen LogP contribution in [0.1, 0.15) is 6.42 Å². The molecule has 0 unspecified atom stereocenters. The highest BCUT2D eigenvalue weighted by molar-refractivity contribution is 6.36. The van der Waals surface area contributed by atoms with Crippen molar-refractivity contribution >= 4 is 46.4 Å². The Kier molecular flexibility index (Phi) is 7.24. The molecule has 0 atom stereocenters. The molecule has 0 fully saturated rings. The van der Waals surface area contributed by atoms with Crippen LogP contribution in [0.25, 0.3) is 0 Å². The van der Waals surface area contributed by atoms with E-state index in [1.54, 1.807) is 18.2 Å². The van der Waals surface area contributed by atoms with Gasteiger partial charge in [-0.2, -0.15) is 5.26 Å². The van der Waals surface area contributed by atoms with Crippen LogP contribution in [0.5, 0.6) is 0 Å². The maximum atomic E-state index is 11.7. The van der Waals surface area contributed by atoms with Gasteiger partial charge in [0, 0.05) is 23.6 Å². The summed E-state index contributed by atoms with van der Waals surface area (Å²) >= 11 is 17.2. The van der Waals surface area contributed by atoms with E-state index < -0.39 is 5.91 Å². The molecule has 7 heteroatoms. The van der Waals surface area contributed by atoms with Gasteiger partial charge in [-0.25, -0.2) is 0 Å². The van der Waals surface area contributed by atoms with Crippen LogP contribution in [0, 0.1) is 11.3 Å². The Balaban J connectivity index is 2.70. The first-order chi connectivity index (χ1) is 9.58. The van der Waals surface area contributed by atoms with E-state index in [1.165, 1.54) is 6.20 Å². The molecule has 0 heterocycles. The van der Waals surface area contributed by atoms with Crippen molar-refractivity contribution in [3.63, 3.8) is 0 Å². The molecule has 1 amide bonds. The first kappa shape index (κ1) is 16.6. The van der Waals surface area contributed by atoms with Crippen molar-refractivity contribution in [2.24, 2.45) is 0 Å². The summed E-state index contributed by atoms with van der Waals surface area (Å²) in [6.45, 7) is 0.420. The average Bonchev–Trinajstić information content (AvgIpc) is 2.42. The minimum atomic E-state index is -0.463. The normalized spacial score (nSPS) is 10.8. The van der Waals surface area contributed by atoms with Crippen LogP contribution in [0.3, 0.4) is 0 Å². The summed E-state index contributed by atoms with van der Waals surface area (Å²) in [5.41, 5.74) is 0.503. The Morgan fingerprint density at radius 3 is 2.75 bits per heavy atom. The first-order valence-electron chi connectivity index (χ1n) is 5.74. The van der Waals surface area contributed by atoms with Crippen LogP contribution in [-0.4, -0.2) is 18.3 Å². The minimum absolute atomic E-state index is 0.0504. The van der Waals surface area contributed by atoms with Crippen LogP contribution in [0.2, 0.25) is 10.0 Å². The van der Waals surface area contributed by atoms with Gasteiger partial charge in [0.1, 0.15) is 11.6 Å². The predicted molar refractivity (Wildman–Crippen MR) is 82.1 cm³/mol. The summed E-state index contributed by atoms with van der Waals surface area (Å²) in [6, 6.07) is 6.68. The van der Waals surface area contributed by atoms with Gasteiger partial charge in [-0.05, 0) is 24.6 Å². The zero-order valence-electron chi connectivity index (χ0n) is 10.4. The Morgan fingerprint density at radius 1 is 1.40 bits per heavy atom. The lowest BCUT2D eigenvalue weighted by Gasteiger charge is -2.06. The third-order valence-corrected chi connectivity index (χ3v) is 3.08. The molecule has 1 aromatic rings. The number of carbonyl (C=O) groups excluding carboxylic acids is 1. The number of hydrogen-bond acceptors (Lipinski definition) is 3. The van der Waals surface area contributed by atoms with Crippen molar-refractivity contribution < 1.29 is 4.79 Å². The SMILES string of the molecule is N#C/C(=C/Nc1ccc(Cl)cc1Cl)C(=O)NCCCCl. The molecule has 1 rings (SSSR count). The van der Waals surface area contributed by atoms with Crippen molar-refractivity contribution in [1.29, 1.82) is 5.26 Å². The van der Waals surface area contributed by atoms with E-state index in [4.69, 9.17) is 40.1 Å². The molecule has 106 valence electrons. The van der Waals surface area contributed by atoms with Crippen LogP contribution in [0.15, 0.2) is 30.0 Å². The Bertz CT molecular complexity index is 552. The number of anilines is 1. The number of nitriles is 1. The molecule has 2 N–H and O–H groups in total. The van der Waals surface area contributed by atoms with Crippen molar-refractivity contribution in [1.82, 2.24) is 5.32 Å². The lowest BCUT2D eigenvalue weighted by Crippen LogP contribution is -2.26. The summed E-state index contributed by atoms with van der Waals surface area (Å²) in [5.74, 6) is -0.0139. The second-order valence-corrected chi connectivity index (χ2v) is 4.96. The number of hydrogen-bond donors (Lipinski definition) is 2. The van der Waals surface area contributed by atoms with Gasteiger partial charge in [0.05, 0.1) is 10.7 Å². The fourth-order valence-electron chi connectivity index (χ4n) is 1.27. The summed E-state index contributed by atoms with van der Waals surface area (Å²) in [5, 5.41) is 15.2. The zero-order valence-corrected chi connectivity index (χ0v) is 12.7. The fraction of sp³-hybridized carbons (Fsp3) is 0.231. The highest BCUT2D eigenvalue weighted by atomic mass is 35.5. The molecule has 1 aromatic carbocycles. The van der Waals surface area contributed by atoms with E-state index in [1.807, 2.05) is 6.07 Å². The summed E-state index contributed by atoms with van der Waals surface area (Å²) < 4.78 is 0. The Morgan fingerprint density at radius 2 is 2.15 bits per heavy atom. The van der Waals surface area contributed by atoms with Gasteiger partial charge >= 0.3 is 0 Å². The van der Waals surface area contributed by atoms with E-state index in [2.05, 4.69) is 10.6 Å². The molecule has 0 aromatic heterocycles. The van der Waals surface area contributed by atoms with E-state index in [0.717, 1.165) is 0 Å².